The number of halogens is 2. The molecule has 0 spiro atoms. The van der Waals surface area contributed by atoms with Gasteiger partial charge in [0.1, 0.15) is 5.01 Å². The molecule has 1 unspecified atom stereocenters. The number of carbonyl (C=O) groups is 2. The number of carboxylic acid groups (broad SMARTS) is 1. The van der Waals surface area contributed by atoms with Crippen LogP contribution in [0.3, 0.4) is 0 Å². The summed E-state index contributed by atoms with van der Waals surface area (Å²) in [6, 6.07) is 9.69. The Balaban J connectivity index is 1.72. The van der Waals surface area contributed by atoms with Crippen molar-refractivity contribution in [3.05, 3.63) is 58.6 Å². The fourth-order valence-corrected chi connectivity index (χ4v) is 4.34. The first-order chi connectivity index (χ1) is 12.9. The van der Waals surface area contributed by atoms with Gasteiger partial charge < -0.3 is 10.0 Å². The summed E-state index contributed by atoms with van der Waals surface area (Å²) in [4.78, 5) is 29.8. The first-order valence-electron chi connectivity index (χ1n) is 8.28. The van der Waals surface area contributed by atoms with Gasteiger partial charge in [-0.05, 0) is 30.2 Å². The van der Waals surface area contributed by atoms with Crippen LogP contribution in [0, 0.1) is 17.6 Å². The maximum Gasteiger partial charge on any atom is 0.304 e. The normalized spacial score (nSPS) is 16.6. The van der Waals surface area contributed by atoms with Crippen molar-refractivity contribution in [2.45, 2.75) is 19.4 Å². The molecule has 1 aliphatic rings. The van der Waals surface area contributed by atoms with E-state index in [2.05, 4.69) is 4.98 Å². The minimum atomic E-state index is -1.04. The summed E-state index contributed by atoms with van der Waals surface area (Å²) < 4.78 is 27.5. The van der Waals surface area contributed by atoms with Crippen LogP contribution >= 0.6 is 11.3 Å². The number of fused-ring (bicyclic) bond motifs is 2. The zero-order valence-electron chi connectivity index (χ0n) is 14.0. The van der Waals surface area contributed by atoms with E-state index >= 15 is 0 Å². The number of thiazole rings is 1. The van der Waals surface area contributed by atoms with Gasteiger partial charge in [-0.3, -0.25) is 9.59 Å². The topological polar surface area (TPSA) is 70.5 Å². The predicted octanol–water partition coefficient (Wildman–Crippen LogP) is 3.75. The molecule has 2 heterocycles. The van der Waals surface area contributed by atoms with E-state index in [1.807, 2.05) is 12.1 Å². The van der Waals surface area contributed by atoms with E-state index < -0.39 is 23.5 Å². The largest absolute Gasteiger partial charge is 0.481 e. The summed E-state index contributed by atoms with van der Waals surface area (Å²) in [5.74, 6) is -3.91. The first-order valence-corrected chi connectivity index (χ1v) is 9.10. The molecule has 1 aliphatic heterocycles. The van der Waals surface area contributed by atoms with Gasteiger partial charge in [0.05, 0.1) is 29.1 Å². The zero-order chi connectivity index (χ0) is 19.1. The Bertz CT molecular complexity index is 1070. The number of hydrogen-bond acceptors (Lipinski definition) is 4. The van der Waals surface area contributed by atoms with Gasteiger partial charge in [0, 0.05) is 5.69 Å². The van der Waals surface area contributed by atoms with Crippen LogP contribution in [0.25, 0.3) is 10.2 Å². The van der Waals surface area contributed by atoms with Crippen molar-refractivity contribution in [2.24, 2.45) is 5.92 Å². The molecule has 1 N–H and O–H groups in total. The lowest BCUT2D eigenvalue weighted by Gasteiger charge is -2.33. The van der Waals surface area contributed by atoms with E-state index in [-0.39, 0.29) is 23.6 Å². The lowest BCUT2D eigenvalue weighted by molar-refractivity contribution is -0.140. The molecule has 138 valence electrons. The molecule has 0 saturated heterocycles. The number of aromatic nitrogens is 1. The molecule has 0 aliphatic carbocycles. The predicted molar refractivity (Wildman–Crippen MR) is 96.6 cm³/mol. The van der Waals surface area contributed by atoms with Crippen molar-refractivity contribution in [3.8, 4) is 0 Å². The fraction of sp³-hybridized carbons (Fsp3) is 0.211. The van der Waals surface area contributed by atoms with Gasteiger partial charge in [0.15, 0.2) is 11.6 Å². The molecule has 5 nitrogen and oxygen atoms in total. The Morgan fingerprint density at radius 3 is 2.81 bits per heavy atom. The minimum absolute atomic E-state index is 0.0758. The quantitative estimate of drug-likeness (QED) is 0.739. The van der Waals surface area contributed by atoms with E-state index in [1.165, 1.54) is 11.0 Å². The molecule has 1 amide bonds. The highest BCUT2D eigenvalue weighted by Gasteiger charge is 2.34. The molecule has 0 bridgehead atoms. The Morgan fingerprint density at radius 1 is 1.26 bits per heavy atom. The molecular formula is C19H14F2N2O3S. The van der Waals surface area contributed by atoms with E-state index in [0.29, 0.717) is 22.6 Å². The highest BCUT2D eigenvalue weighted by atomic mass is 32.1. The van der Waals surface area contributed by atoms with E-state index in [4.69, 9.17) is 5.11 Å². The number of anilines is 1. The third kappa shape index (κ3) is 3.16. The smallest absolute Gasteiger partial charge is 0.304 e. The van der Waals surface area contributed by atoms with E-state index in [1.54, 1.807) is 12.1 Å². The lowest BCUT2D eigenvalue weighted by atomic mass is 9.89. The molecule has 27 heavy (non-hydrogen) atoms. The molecule has 0 fully saturated rings. The minimum Gasteiger partial charge on any atom is -0.481 e. The summed E-state index contributed by atoms with van der Waals surface area (Å²) in [7, 11) is 0. The van der Waals surface area contributed by atoms with E-state index in [0.717, 1.165) is 23.0 Å². The Morgan fingerprint density at radius 2 is 2.04 bits per heavy atom. The number of hydrogen-bond donors (Lipinski definition) is 1. The highest BCUT2D eigenvalue weighted by Crippen LogP contribution is 2.35. The third-order valence-corrected chi connectivity index (χ3v) is 5.62. The monoisotopic (exact) mass is 388 g/mol. The van der Waals surface area contributed by atoms with Gasteiger partial charge in [0.25, 0.3) is 0 Å². The van der Waals surface area contributed by atoms with Crippen molar-refractivity contribution >= 4 is 39.1 Å². The SMILES string of the molecule is O=C(O)CC1Cc2ccccc2N(Cc2nc3ccc(F)c(F)c3s2)C1=O. The van der Waals surface area contributed by atoms with Crippen LogP contribution in [0.15, 0.2) is 36.4 Å². The molecular weight excluding hydrogens is 374 g/mol. The number of nitrogens with zero attached hydrogens (tertiary/aromatic N) is 2. The second-order valence-electron chi connectivity index (χ2n) is 6.37. The molecule has 8 heteroatoms. The van der Waals surface area contributed by atoms with Crippen molar-refractivity contribution in [1.82, 2.24) is 4.98 Å². The van der Waals surface area contributed by atoms with Gasteiger partial charge in [-0.15, -0.1) is 11.3 Å². The molecule has 4 rings (SSSR count). The Hall–Kier alpha value is -2.87. The van der Waals surface area contributed by atoms with Crippen LogP contribution < -0.4 is 4.90 Å². The fourth-order valence-electron chi connectivity index (χ4n) is 3.36. The van der Waals surface area contributed by atoms with Crippen LogP contribution in [-0.4, -0.2) is 22.0 Å². The van der Waals surface area contributed by atoms with E-state index in [9.17, 15) is 18.4 Å². The average Bonchev–Trinajstić information content (AvgIpc) is 3.05. The van der Waals surface area contributed by atoms with Crippen molar-refractivity contribution in [3.63, 3.8) is 0 Å². The van der Waals surface area contributed by atoms with Gasteiger partial charge in [0.2, 0.25) is 5.91 Å². The molecule has 0 radical (unpaired) electrons. The molecule has 2 aromatic carbocycles. The van der Waals surface area contributed by atoms with Crippen LogP contribution in [0.4, 0.5) is 14.5 Å². The first kappa shape index (κ1) is 17.5. The molecule has 0 saturated carbocycles. The standard InChI is InChI=1S/C19H14F2N2O3S/c20-12-5-6-13-18(17(12)21)27-15(22-13)9-23-14-4-2-1-3-10(14)7-11(19(23)26)8-16(24)25/h1-6,11H,7-9H2,(H,24,25). The second kappa shape index (κ2) is 6.70. The number of carbonyl (C=O) groups excluding carboxylic acids is 1. The van der Waals surface area contributed by atoms with Gasteiger partial charge in [-0.1, -0.05) is 18.2 Å². The van der Waals surface area contributed by atoms with Crippen LogP contribution in [0.2, 0.25) is 0 Å². The zero-order valence-corrected chi connectivity index (χ0v) is 14.8. The van der Waals surface area contributed by atoms with Gasteiger partial charge >= 0.3 is 5.97 Å². The van der Waals surface area contributed by atoms with Crippen molar-refractivity contribution in [1.29, 1.82) is 0 Å². The van der Waals surface area contributed by atoms with Crippen LogP contribution in [0.5, 0.6) is 0 Å². The summed E-state index contributed by atoms with van der Waals surface area (Å²) in [5.41, 5.74) is 1.89. The molecule has 1 atom stereocenters. The lowest BCUT2D eigenvalue weighted by Crippen LogP contribution is -2.41. The number of aliphatic carboxylic acids is 1. The highest BCUT2D eigenvalue weighted by molar-refractivity contribution is 7.18. The van der Waals surface area contributed by atoms with Gasteiger partial charge in [-0.25, -0.2) is 13.8 Å². The summed E-state index contributed by atoms with van der Waals surface area (Å²) in [6.07, 6.45) is 0.0981. The molecule has 3 aromatic rings. The maximum atomic E-state index is 14.0. The molecule has 1 aromatic heterocycles. The van der Waals surface area contributed by atoms with Crippen LogP contribution in [-0.2, 0) is 22.6 Å². The summed E-state index contributed by atoms with van der Waals surface area (Å²) in [5, 5.41) is 9.55. The third-order valence-electron chi connectivity index (χ3n) is 4.57. The average molecular weight is 388 g/mol. The number of amides is 1. The second-order valence-corrected chi connectivity index (χ2v) is 7.45. The summed E-state index contributed by atoms with van der Waals surface area (Å²) in [6.45, 7) is 0.0758. The van der Waals surface area contributed by atoms with Crippen LogP contribution in [0.1, 0.15) is 17.0 Å². The van der Waals surface area contributed by atoms with Crippen molar-refractivity contribution in [2.75, 3.05) is 4.90 Å². The van der Waals surface area contributed by atoms with Crippen molar-refractivity contribution < 1.29 is 23.5 Å². The summed E-state index contributed by atoms with van der Waals surface area (Å²) >= 11 is 0.987. The maximum absolute atomic E-state index is 14.0. The van der Waals surface area contributed by atoms with Gasteiger partial charge in [-0.2, -0.15) is 0 Å². The number of carboxylic acids is 1. The Labute approximate surface area is 156 Å². The Kier molecular flexibility index (Phi) is 4.35. The number of rotatable bonds is 4. The number of para-hydroxylation sites is 1. The number of benzene rings is 2.